The summed E-state index contributed by atoms with van der Waals surface area (Å²) in [5, 5.41) is 5.96. The van der Waals surface area contributed by atoms with E-state index in [4.69, 9.17) is 4.74 Å². The fourth-order valence-corrected chi connectivity index (χ4v) is 1.93. The maximum absolute atomic E-state index is 13.1. The van der Waals surface area contributed by atoms with Gasteiger partial charge in [0, 0.05) is 19.1 Å². The Bertz CT molecular complexity index is 528. The average molecular weight is 328 g/mol. The zero-order valence-electron chi connectivity index (χ0n) is 14.4. The molecule has 0 aromatic heterocycles. The second-order valence-corrected chi connectivity index (χ2v) is 6.88. The van der Waals surface area contributed by atoms with Crippen LogP contribution in [0.5, 0.6) is 0 Å². The number of ether oxygens (including phenoxy) is 1. The van der Waals surface area contributed by atoms with Crippen LogP contribution in [0.3, 0.4) is 0 Å². The molecule has 130 valence electrons. The summed E-state index contributed by atoms with van der Waals surface area (Å²) in [7, 11) is 0. The number of rotatable bonds is 6. The first-order valence-corrected chi connectivity index (χ1v) is 7.72. The minimum atomic E-state index is -0.864. The number of halogens is 2. The van der Waals surface area contributed by atoms with Gasteiger partial charge in [0.25, 0.3) is 0 Å². The summed E-state index contributed by atoms with van der Waals surface area (Å²) in [5.41, 5.74) is 0.0914. The number of hydrogen-bond acceptors (Lipinski definition) is 3. The summed E-state index contributed by atoms with van der Waals surface area (Å²) in [6.45, 7) is 10.3. The zero-order chi connectivity index (χ0) is 17.6. The van der Waals surface area contributed by atoms with Crippen LogP contribution in [0.1, 0.15) is 40.2 Å². The van der Waals surface area contributed by atoms with Gasteiger partial charge in [-0.2, -0.15) is 0 Å². The highest BCUT2D eigenvalue weighted by Gasteiger charge is 2.21. The molecule has 0 fully saturated rings. The molecule has 0 aliphatic carbocycles. The monoisotopic (exact) mass is 328 g/mol. The fourth-order valence-electron chi connectivity index (χ4n) is 1.93. The quantitative estimate of drug-likeness (QED) is 0.839. The lowest BCUT2D eigenvalue weighted by molar-refractivity contribution is 0.0490. The Hall–Kier alpha value is -1.69. The van der Waals surface area contributed by atoms with Crippen LogP contribution in [0.15, 0.2) is 18.2 Å². The number of alkyl carbamates (subject to hydrolysis) is 1. The number of amides is 1. The van der Waals surface area contributed by atoms with E-state index in [1.807, 2.05) is 13.8 Å². The average Bonchev–Trinajstić information content (AvgIpc) is 2.39. The van der Waals surface area contributed by atoms with Crippen LogP contribution in [-0.2, 0) is 11.3 Å². The predicted octanol–water partition coefficient (Wildman–Crippen LogP) is 3.60. The Morgan fingerprint density at radius 3 is 2.39 bits per heavy atom. The smallest absolute Gasteiger partial charge is 0.407 e. The maximum Gasteiger partial charge on any atom is 0.407 e. The molecule has 0 aliphatic heterocycles. The first-order chi connectivity index (χ1) is 10.6. The van der Waals surface area contributed by atoms with Gasteiger partial charge in [0.05, 0.1) is 0 Å². The molecule has 0 saturated heterocycles. The molecule has 1 amide bonds. The third-order valence-electron chi connectivity index (χ3n) is 3.18. The minimum absolute atomic E-state index is 0.129. The van der Waals surface area contributed by atoms with E-state index in [-0.39, 0.29) is 12.0 Å². The molecule has 0 saturated carbocycles. The number of hydrogen-bond donors (Lipinski definition) is 2. The Morgan fingerprint density at radius 2 is 1.87 bits per heavy atom. The summed E-state index contributed by atoms with van der Waals surface area (Å²) < 4.78 is 31.3. The third-order valence-corrected chi connectivity index (χ3v) is 3.18. The number of benzene rings is 1. The van der Waals surface area contributed by atoms with Gasteiger partial charge in [-0.25, -0.2) is 13.6 Å². The standard InChI is InChI=1S/C17H26F2N2O2/c1-11(2)15(21-16(22)23-17(3,4)5)10-20-9-12-6-7-13(18)14(19)8-12/h6-8,11,15,20H,9-10H2,1-5H3,(H,21,22). The molecule has 1 aromatic carbocycles. The highest BCUT2D eigenvalue weighted by molar-refractivity contribution is 5.68. The van der Waals surface area contributed by atoms with Crippen LogP contribution in [0, 0.1) is 17.6 Å². The third kappa shape index (κ3) is 7.41. The van der Waals surface area contributed by atoms with Crippen molar-refractivity contribution in [3.05, 3.63) is 35.4 Å². The molecular weight excluding hydrogens is 302 g/mol. The molecule has 1 unspecified atom stereocenters. The van der Waals surface area contributed by atoms with E-state index in [1.165, 1.54) is 6.07 Å². The summed E-state index contributed by atoms with van der Waals surface area (Å²) in [6.07, 6.45) is -0.467. The Kier molecular flexibility index (Phi) is 6.94. The number of nitrogens with one attached hydrogen (secondary N) is 2. The Balaban J connectivity index is 2.50. The highest BCUT2D eigenvalue weighted by atomic mass is 19.2. The fraction of sp³-hybridized carbons (Fsp3) is 0.588. The molecule has 0 aliphatic rings. The van der Waals surface area contributed by atoms with Crippen LogP contribution < -0.4 is 10.6 Å². The highest BCUT2D eigenvalue weighted by Crippen LogP contribution is 2.10. The molecule has 2 N–H and O–H groups in total. The van der Waals surface area contributed by atoms with E-state index in [0.29, 0.717) is 18.7 Å². The molecule has 6 heteroatoms. The van der Waals surface area contributed by atoms with Crippen LogP contribution in [-0.4, -0.2) is 24.3 Å². The van der Waals surface area contributed by atoms with Gasteiger partial charge in [0.1, 0.15) is 5.60 Å². The van der Waals surface area contributed by atoms with Gasteiger partial charge in [-0.1, -0.05) is 19.9 Å². The normalized spacial score (nSPS) is 13.0. The second kappa shape index (κ2) is 8.24. The first kappa shape index (κ1) is 19.4. The topological polar surface area (TPSA) is 50.4 Å². The van der Waals surface area contributed by atoms with Crippen molar-refractivity contribution in [2.75, 3.05) is 6.54 Å². The van der Waals surface area contributed by atoms with Crippen LogP contribution >= 0.6 is 0 Å². The van der Waals surface area contributed by atoms with Crippen molar-refractivity contribution >= 4 is 6.09 Å². The van der Waals surface area contributed by atoms with Crippen molar-refractivity contribution < 1.29 is 18.3 Å². The maximum atomic E-state index is 13.1. The van der Waals surface area contributed by atoms with E-state index in [1.54, 1.807) is 20.8 Å². The van der Waals surface area contributed by atoms with Gasteiger partial charge in [-0.05, 0) is 44.4 Å². The van der Waals surface area contributed by atoms with Crippen molar-refractivity contribution in [2.45, 2.75) is 52.8 Å². The minimum Gasteiger partial charge on any atom is -0.444 e. The van der Waals surface area contributed by atoms with E-state index in [9.17, 15) is 13.6 Å². The van der Waals surface area contributed by atoms with E-state index < -0.39 is 23.3 Å². The van der Waals surface area contributed by atoms with E-state index >= 15 is 0 Å². The Labute approximate surface area is 136 Å². The molecule has 0 heterocycles. The van der Waals surface area contributed by atoms with Gasteiger partial charge in [0.2, 0.25) is 0 Å². The summed E-state index contributed by atoms with van der Waals surface area (Å²) in [5.74, 6) is -1.53. The number of carbonyl (C=O) groups is 1. The van der Waals surface area contributed by atoms with Gasteiger partial charge in [-0.15, -0.1) is 0 Å². The first-order valence-electron chi connectivity index (χ1n) is 7.72. The summed E-state index contributed by atoms with van der Waals surface area (Å²) in [6, 6.07) is 3.66. The van der Waals surface area contributed by atoms with Gasteiger partial charge in [-0.3, -0.25) is 0 Å². The molecule has 1 atom stereocenters. The van der Waals surface area contributed by atoms with Crippen LogP contribution in [0.2, 0.25) is 0 Å². The second-order valence-electron chi connectivity index (χ2n) is 6.88. The lowest BCUT2D eigenvalue weighted by atomic mass is 10.0. The molecule has 1 rings (SSSR count). The lowest BCUT2D eigenvalue weighted by Crippen LogP contribution is -2.46. The van der Waals surface area contributed by atoms with E-state index in [0.717, 1.165) is 12.1 Å². The van der Waals surface area contributed by atoms with Gasteiger partial charge >= 0.3 is 6.09 Å². The Morgan fingerprint density at radius 1 is 1.22 bits per heavy atom. The molecule has 1 aromatic rings. The molecule has 0 bridgehead atoms. The van der Waals surface area contributed by atoms with Gasteiger partial charge in [0.15, 0.2) is 11.6 Å². The molecule has 0 radical (unpaired) electrons. The number of carbonyl (C=O) groups excluding carboxylic acids is 1. The lowest BCUT2D eigenvalue weighted by Gasteiger charge is -2.26. The largest absolute Gasteiger partial charge is 0.444 e. The summed E-state index contributed by atoms with van der Waals surface area (Å²) >= 11 is 0. The molecule has 4 nitrogen and oxygen atoms in total. The zero-order valence-corrected chi connectivity index (χ0v) is 14.4. The molecule has 23 heavy (non-hydrogen) atoms. The SMILES string of the molecule is CC(C)C(CNCc1ccc(F)c(F)c1)NC(=O)OC(C)(C)C. The van der Waals surface area contributed by atoms with Crippen molar-refractivity contribution in [3.63, 3.8) is 0 Å². The van der Waals surface area contributed by atoms with Gasteiger partial charge < -0.3 is 15.4 Å². The van der Waals surface area contributed by atoms with E-state index in [2.05, 4.69) is 10.6 Å². The molecular formula is C17H26F2N2O2. The van der Waals surface area contributed by atoms with Crippen LogP contribution in [0.4, 0.5) is 13.6 Å². The van der Waals surface area contributed by atoms with Crippen molar-refractivity contribution in [2.24, 2.45) is 5.92 Å². The molecule has 0 spiro atoms. The predicted molar refractivity (Wildman–Crippen MR) is 86.1 cm³/mol. The van der Waals surface area contributed by atoms with Crippen molar-refractivity contribution in [1.29, 1.82) is 0 Å². The van der Waals surface area contributed by atoms with Crippen molar-refractivity contribution in [1.82, 2.24) is 10.6 Å². The van der Waals surface area contributed by atoms with Crippen LogP contribution in [0.25, 0.3) is 0 Å². The van der Waals surface area contributed by atoms with Crippen molar-refractivity contribution in [3.8, 4) is 0 Å². The summed E-state index contributed by atoms with van der Waals surface area (Å²) in [4.78, 5) is 11.8.